The molecule has 124 valence electrons. The topological polar surface area (TPSA) is 120 Å². The molecule has 4 rings (SSSR count). The first-order chi connectivity index (χ1) is 12.2. The van der Waals surface area contributed by atoms with Crippen molar-refractivity contribution in [1.82, 2.24) is 25.1 Å². The normalized spacial score (nSPS) is 10.8. The number of hydrogen-bond donors (Lipinski definition) is 1. The molecule has 0 fully saturated rings. The van der Waals surface area contributed by atoms with E-state index in [1.807, 2.05) is 37.4 Å². The molecule has 3 heterocycles. The highest BCUT2D eigenvalue weighted by Gasteiger charge is 2.17. The van der Waals surface area contributed by atoms with Gasteiger partial charge in [0.1, 0.15) is 6.26 Å². The SMILES string of the molecule is CN(c1ccccc1)c1nc(N)nc(-c2noc(-c3ccoc3)n2)n1. The first-order valence-electron chi connectivity index (χ1n) is 7.38. The van der Waals surface area contributed by atoms with E-state index in [2.05, 4.69) is 25.1 Å². The van der Waals surface area contributed by atoms with Crippen LogP contribution in [-0.4, -0.2) is 32.1 Å². The summed E-state index contributed by atoms with van der Waals surface area (Å²) in [7, 11) is 1.83. The molecule has 0 saturated heterocycles. The monoisotopic (exact) mass is 335 g/mol. The summed E-state index contributed by atoms with van der Waals surface area (Å²) in [4.78, 5) is 18.7. The van der Waals surface area contributed by atoms with E-state index in [1.54, 1.807) is 11.0 Å². The Labute approximate surface area is 142 Å². The second kappa shape index (κ2) is 6.04. The van der Waals surface area contributed by atoms with Crippen LogP contribution in [0.2, 0.25) is 0 Å². The molecule has 25 heavy (non-hydrogen) atoms. The number of nitrogens with two attached hydrogens (primary N) is 1. The molecule has 9 heteroatoms. The van der Waals surface area contributed by atoms with Crippen molar-refractivity contribution in [1.29, 1.82) is 0 Å². The van der Waals surface area contributed by atoms with Crippen LogP contribution in [-0.2, 0) is 0 Å². The Morgan fingerprint density at radius 3 is 2.56 bits per heavy atom. The zero-order chi connectivity index (χ0) is 17.2. The maximum absolute atomic E-state index is 5.82. The van der Waals surface area contributed by atoms with Crippen molar-refractivity contribution >= 4 is 17.6 Å². The van der Waals surface area contributed by atoms with Crippen molar-refractivity contribution < 1.29 is 8.94 Å². The van der Waals surface area contributed by atoms with Crippen LogP contribution in [0.25, 0.3) is 23.1 Å². The van der Waals surface area contributed by atoms with Gasteiger partial charge in [-0.3, -0.25) is 0 Å². The van der Waals surface area contributed by atoms with Gasteiger partial charge in [-0.25, -0.2) is 0 Å². The van der Waals surface area contributed by atoms with E-state index in [0.717, 1.165) is 5.69 Å². The van der Waals surface area contributed by atoms with Crippen LogP contribution >= 0.6 is 0 Å². The summed E-state index contributed by atoms with van der Waals surface area (Å²) in [5, 5.41) is 3.90. The number of anilines is 3. The van der Waals surface area contributed by atoms with Gasteiger partial charge in [0, 0.05) is 12.7 Å². The lowest BCUT2D eigenvalue weighted by Gasteiger charge is -2.17. The van der Waals surface area contributed by atoms with Crippen molar-refractivity contribution in [2.24, 2.45) is 0 Å². The Kier molecular flexibility index (Phi) is 3.58. The van der Waals surface area contributed by atoms with Crippen LogP contribution in [0.15, 0.2) is 57.9 Å². The Morgan fingerprint density at radius 1 is 0.960 bits per heavy atom. The van der Waals surface area contributed by atoms with E-state index in [9.17, 15) is 0 Å². The first kappa shape index (κ1) is 14.8. The van der Waals surface area contributed by atoms with Gasteiger partial charge in [-0.05, 0) is 18.2 Å². The molecule has 0 radical (unpaired) electrons. The van der Waals surface area contributed by atoms with Crippen molar-refractivity contribution in [2.75, 3.05) is 17.7 Å². The summed E-state index contributed by atoms with van der Waals surface area (Å²) in [6.07, 6.45) is 3.03. The van der Waals surface area contributed by atoms with E-state index >= 15 is 0 Å². The molecule has 0 spiro atoms. The highest BCUT2D eigenvalue weighted by atomic mass is 16.5. The van der Waals surface area contributed by atoms with Crippen LogP contribution in [0.3, 0.4) is 0 Å². The van der Waals surface area contributed by atoms with E-state index in [1.165, 1.54) is 12.5 Å². The summed E-state index contributed by atoms with van der Waals surface area (Å²) in [5.74, 6) is 1.19. The molecule has 2 N–H and O–H groups in total. The van der Waals surface area contributed by atoms with Gasteiger partial charge in [-0.2, -0.15) is 19.9 Å². The molecule has 0 saturated carbocycles. The minimum Gasteiger partial charge on any atom is -0.472 e. The lowest BCUT2D eigenvalue weighted by molar-refractivity contribution is 0.431. The molecular weight excluding hydrogens is 322 g/mol. The molecule has 0 aliphatic heterocycles. The fraction of sp³-hybridized carbons (Fsp3) is 0.0625. The minimum absolute atomic E-state index is 0.0671. The summed E-state index contributed by atoms with van der Waals surface area (Å²) < 4.78 is 10.2. The third-order valence-corrected chi connectivity index (χ3v) is 3.48. The van der Waals surface area contributed by atoms with Gasteiger partial charge in [0.15, 0.2) is 0 Å². The van der Waals surface area contributed by atoms with Gasteiger partial charge >= 0.3 is 0 Å². The molecule has 0 aliphatic rings. The quantitative estimate of drug-likeness (QED) is 0.599. The number of hydrogen-bond acceptors (Lipinski definition) is 9. The lowest BCUT2D eigenvalue weighted by atomic mass is 10.3. The van der Waals surface area contributed by atoms with Crippen molar-refractivity contribution in [3.05, 3.63) is 48.9 Å². The van der Waals surface area contributed by atoms with Crippen LogP contribution in [0.1, 0.15) is 0 Å². The lowest BCUT2D eigenvalue weighted by Crippen LogP contribution is -2.15. The van der Waals surface area contributed by atoms with Gasteiger partial charge in [0.05, 0.1) is 11.8 Å². The summed E-state index contributed by atoms with van der Waals surface area (Å²) in [5.41, 5.74) is 7.40. The first-order valence-corrected chi connectivity index (χ1v) is 7.38. The molecule has 9 nitrogen and oxygen atoms in total. The average Bonchev–Trinajstić information content (AvgIpc) is 3.32. The maximum Gasteiger partial charge on any atom is 0.261 e. The van der Waals surface area contributed by atoms with Gasteiger partial charge in [-0.1, -0.05) is 23.4 Å². The molecule has 0 aliphatic carbocycles. The number of para-hydroxylation sites is 1. The average molecular weight is 335 g/mol. The van der Waals surface area contributed by atoms with Gasteiger partial charge in [0.25, 0.3) is 5.89 Å². The largest absolute Gasteiger partial charge is 0.472 e. The highest BCUT2D eigenvalue weighted by Crippen LogP contribution is 2.24. The van der Waals surface area contributed by atoms with Crippen LogP contribution < -0.4 is 10.6 Å². The minimum atomic E-state index is 0.0671. The predicted octanol–water partition coefficient (Wildman–Crippen LogP) is 2.53. The fourth-order valence-electron chi connectivity index (χ4n) is 2.22. The maximum atomic E-state index is 5.82. The summed E-state index contributed by atoms with van der Waals surface area (Å²) >= 11 is 0. The fourth-order valence-corrected chi connectivity index (χ4v) is 2.22. The molecule has 0 atom stereocenters. The van der Waals surface area contributed by atoms with Gasteiger partial charge in [0.2, 0.25) is 23.5 Å². The second-order valence-corrected chi connectivity index (χ2v) is 5.15. The van der Waals surface area contributed by atoms with Gasteiger partial charge < -0.3 is 19.6 Å². The number of rotatable bonds is 4. The van der Waals surface area contributed by atoms with Crippen LogP contribution in [0.4, 0.5) is 17.6 Å². The van der Waals surface area contributed by atoms with Gasteiger partial charge in [-0.15, -0.1) is 0 Å². The van der Waals surface area contributed by atoms with E-state index < -0.39 is 0 Å². The standard InChI is InChI=1S/C16H13N7O2/c1-23(11-5-3-2-4-6-11)16-20-12(19-15(17)21-16)13-18-14(25-22-13)10-7-8-24-9-10/h2-9H,1H3,(H2,17,19,20,21). The number of furan rings is 1. The molecular formula is C16H13N7O2. The number of nitrogens with zero attached hydrogens (tertiary/aromatic N) is 6. The zero-order valence-corrected chi connectivity index (χ0v) is 13.2. The third-order valence-electron chi connectivity index (χ3n) is 3.48. The Hall–Kier alpha value is -3.75. The smallest absolute Gasteiger partial charge is 0.261 e. The second-order valence-electron chi connectivity index (χ2n) is 5.15. The number of nitrogen functional groups attached to an aromatic ring is 1. The van der Waals surface area contributed by atoms with Crippen LogP contribution in [0, 0.1) is 0 Å². The Balaban J connectivity index is 1.71. The summed E-state index contributed by atoms with van der Waals surface area (Å²) in [6.45, 7) is 0. The molecule has 3 aromatic heterocycles. The van der Waals surface area contributed by atoms with Crippen LogP contribution in [0.5, 0.6) is 0 Å². The number of benzene rings is 1. The van der Waals surface area contributed by atoms with E-state index in [4.69, 9.17) is 14.7 Å². The molecule has 1 aromatic carbocycles. The Bertz CT molecular complexity index is 983. The van der Waals surface area contributed by atoms with Crippen molar-refractivity contribution in [3.8, 4) is 23.1 Å². The molecule has 0 bridgehead atoms. The predicted molar refractivity (Wildman–Crippen MR) is 89.7 cm³/mol. The third kappa shape index (κ3) is 2.90. The van der Waals surface area contributed by atoms with Crippen molar-refractivity contribution in [3.63, 3.8) is 0 Å². The van der Waals surface area contributed by atoms with E-state index in [-0.39, 0.29) is 17.6 Å². The molecule has 4 aromatic rings. The Morgan fingerprint density at radius 2 is 1.80 bits per heavy atom. The molecule has 0 unspecified atom stereocenters. The highest BCUT2D eigenvalue weighted by molar-refractivity contribution is 5.60. The van der Waals surface area contributed by atoms with E-state index in [0.29, 0.717) is 17.4 Å². The number of aromatic nitrogens is 5. The summed E-state index contributed by atoms with van der Waals surface area (Å²) in [6, 6.07) is 11.4. The zero-order valence-electron chi connectivity index (χ0n) is 13.2. The van der Waals surface area contributed by atoms with Crippen molar-refractivity contribution in [2.45, 2.75) is 0 Å². The molecule has 0 amide bonds.